The highest BCUT2D eigenvalue weighted by molar-refractivity contribution is 5.98. The van der Waals surface area contributed by atoms with E-state index in [2.05, 4.69) is 22.8 Å². The fourth-order valence-corrected chi connectivity index (χ4v) is 1.91. The highest BCUT2D eigenvalue weighted by Gasteiger charge is 2.07. The summed E-state index contributed by atoms with van der Waals surface area (Å²) in [6.45, 7) is 2.25. The number of nitrogens with one attached hydrogen (secondary N) is 2. The fourth-order valence-electron chi connectivity index (χ4n) is 1.91. The van der Waals surface area contributed by atoms with Crippen LogP contribution in [0, 0.1) is 0 Å². The molecule has 20 heavy (non-hydrogen) atoms. The summed E-state index contributed by atoms with van der Waals surface area (Å²) < 4.78 is 5.07. The van der Waals surface area contributed by atoms with Gasteiger partial charge in [0.1, 0.15) is 5.75 Å². The van der Waals surface area contributed by atoms with Crippen LogP contribution in [0.1, 0.15) is 19.8 Å². The van der Waals surface area contributed by atoms with Crippen LogP contribution in [0.25, 0.3) is 0 Å². The van der Waals surface area contributed by atoms with Gasteiger partial charge in [-0.15, -0.1) is 0 Å². The quantitative estimate of drug-likeness (QED) is 0.809. The normalized spacial score (nSPS) is 15.9. The largest absolute Gasteiger partial charge is 0.497 e. The Morgan fingerprint density at radius 2 is 2.05 bits per heavy atom. The molecule has 0 heterocycles. The van der Waals surface area contributed by atoms with Gasteiger partial charge in [-0.1, -0.05) is 5.57 Å². The SMILES string of the molecule is COc1ccc(NCC(=O)N/N=C2/C=C(C)CC2)cc1. The van der Waals surface area contributed by atoms with Crippen LogP contribution in [-0.4, -0.2) is 25.3 Å². The number of benzene rings is 1. The van der Waals surface area contributed by atoms with E-state index in [0.717, 1.165) is 30.0 Å². The first kappa shape index (κ1) is 14.1. The average Bonchev–Trinajstić information content (AvgIpc) is 2.89. The van der Waals surface area contributed by atoms with Crippen molar-refractivity contribution in [2.24, 2.45) is 5.10 Å². The minimum Gasteiger partial charge on any atom is -0.497 e. The zero-order chi connectivity index (χ0) is 14.4. The number of carbonyl (C=O) groups excluding carboxylic acids is 1. The molecule has 0 aliphatic heterocycles. The van der Waals surface area contributed by atoms with Crippen LogP contribution in [0.3, 0.4) is 0 Å². The van der Waals surface area contributed by atoms with E-state index in [1.165, 1.54) is 5.57 Å². The maximum absolute atomic E-state index is 11.7. The number of anilines is 1. The summed E-state index contributed by atoms with van der Waals surface area (Å²) in [6, 6.07) is 7.40. The number of carbonyl (C=O) groups is 1. The molecule has 1 amide bonds. The second-order valence-corrected chi connectivity index (χ2v) is 4.71. The molecule has 106 valence electrons. The number of ether oxygens (including phenoxy) is 1. The van der Waals surface area contributed by atoms with Crippen molar-refractivity contribution in [3.05, 3.63) is 35.9 Å². The number of hydrogen-bond donors (Lipinski definition) is 2. The molecular formula is C15H19N3O2. The molecule has 0 fully saturated rings. The molecule has 0 unspecified atom stereocenters. The van der Waals surface area contributed by atoms with Gasteiger partial charge in [-0.05, 0) is 50.1 Å². The van der Waals surface area contributed by atoms with Crippen molar-refractivity contribution in [2.45, 2.75) is 19.8 Å². The number of rotatable bonds is 5. The van der Waals surface area contributed by atoms with Gasteiger partial charge in [0.2, 0.25) is 0 Å². The summed E-state index contributed by atoms with van der Waals surface area (Å²) in [6.07, 6.45) is 3.94. The van der Waals surface area contributed by atoms with E-state index >= 15 is 0 Å². The lowest BCUT2D eigenvalue weighted by molar-refractivity contribution is -0.119. The molecule has 0 bridgehead atoms. The summed E-state index contributed by atoms with van der Waals surface area (Å²) in [4.78, 5) is 11.7. The van der Waals surface area contributed by atoms with Crippen molar-refractivity contribution >= 4 is 17.3 Å². The third-order valence-corrected chi connectivity index (χ3v) is 3.06. The predicted octanol–water partition coefficient (Wildman–Crippen LogP) is 2.32. The maximum atomic E-state index is 11.7. The molecule has 2 N–H and O–H groups in total. The monoisotopic (exact) mass is 273 g/mol. The highest BCUT2D eigenvalue weighted by Crippen LogP contribution is 2.15. The van der Waals surface area contributed by atoms with E-state index in [1.54, 1.807) is 7.11 Å². The smallest absolute Gasteiger partial charge is 0.259 e. The van der Waals surface area contributed by atoms with Gasteiger partial charge in [-0.25, -0.2) is 5.43 Å². The van der Waals surface area contributed by atoms with E-state index in [1.807, 2.05) is 30.3 Å². The molecule has 0 aromatic heterocycles. The molecule has 0 spiro atoms. The number of nitrogens with zero attached hydrogens (tertiary/aromatic N) is 1. The topological polar surface area (TPSA) is 62.7 Å². The molecule has 5 nitrogen and oxygen atoms in total. The Labute approximate surface area is 118 Å². The Kier molecular flexibility index (Phi) is 4.76. The minimum atomic E-state index is -0.161. The third kappa shape index (κ3) is 4.12. The van der Waals surface area contributed by atoms with Crippen molar-refractivity contribution < 1.29 is 9.53 Å². The lowest BCUT2D eigenvalue weighted by Crippen LogP contribution is -2.26. The Morgan fingerprint density at radius 3 is 2.65 bits per heavy atom. The van der Waals surface area contributed by atoms with Crippen LogP contribution >= 0.6 is 0 Å². The molecule has 2 rings (SSSR count). The summed E-state index contributed by atoms with van der Waals surface area (Å²) in [5, 5.41) is 7.12. The lowest BCUT2D eigenvalue weighted by Gasteiger charge is -2.06. The predicted molar refractivity (Wildman–Crippen MR) is 80.1 cm³/mol. The first-order chi connectivity index (χ1) is 9.67. The Balaban J connectivity index is 1.77. The van der Waals surface area contributed by atoms with Gasteiger partial charge < -0.3 is 10.1 Å². The molecule has 0 radical (unpaired) electrons. The summed E-state index contributed by atoms with van der Waals surface area (Å²) in [7, 11) is 1.62. The number of hydrazone groups is 1. The molecule has 0 atom stereocenters. The number of amides is 1. The van der Waals surface area contributed by atoms with Gasteiger partial charge in [0.25, 0.3) is 5.91 Å². The van der Waals surface area contributed by atoms with Gasteiger partial charge in [-0.3, -0.25) is 4.79 Å². The summed E-state index contributed by atoms with van der Waals surface area (Å²) in [5.41, 5.74) is 5.65. The number of allylic oxidation sites excluding steroid dienone is 2. The number of hydrogen-bond acceptors (Lipinski definition) is 4. The summed E-state index contributed by atoms with van der Waals surface area (Å²) >= 11 is 0. The van der Waals surface area contributed by atoms with Gasteiger partial charge in [0, 0.05) is 5.69 Å². The van der Waals surface area contributed by atoms with E-state index in [4.69, 9.17) is 4.74 Å². The van der Waals surface area contributed by atoms with E-state index in [-0.39, 0.29) is 12.5 Å². The van der Waals surface area contributed by atoms with Crippen molar-refractivity contribution in [1.29, 1.82) is 0 Å². The number of methoxy groups -OCH3 is 1. The molecule has 1 aromatic carbocycles. The molecule has 1 aliphatic rings. The van der Waals surface area contributed by atoms with Crippen LogP contribution in [0.15, 0.2) is 41.0 Å². The van der Waals surface area contributed by atoms with E-state index in [0.29, 0.717) is 0 Å². The van der Waals surface area contributed by atoms with Gasteiger partial charge in [-0.2, -0.15) is 5.10 Å². The van der Waals surface area contributed by atoms with Crippen molar-refractivity contribution in [3.8, 4) is 5.75 Å². The Bertz CT molecular complexity index is 533. The first-order valence-corrected chi connectivity index (χ1v) is 6.58. The average molecular weight is 273 g/mol. The van der Waals surface area contributed by atoms with E-state index in [9.17, 15) is 4.79 Å². The molecular weight excluding hydrogens is 254 g/mol. The maximum Gasteiger partial charge on any atom is 0.259 e. The van der Waals surface area contributed by atoms with Crippen LogP contribution in [0.4, 0.5) is 5.69 Å². The molecule has 1 aromatic rings. The Morgan fingerprint density at radius 1 is 1.30 bits per heavy atom. The third-order valence-electron chi connectivity index (χ3n) is 3.06. The zero-order valence-electron chi connectivity index (χ0n) is 11.8. The van der Waals surface area contributed by atoms with Crippen LogP contribution in [0.5, 0.6) is 5.75 Å². The Hall–Kier alpha value is -2.30. The van der Waals surface area contributed by atoms with Gasteiger partial charge in [0.15, 0.2) is 0 Å². The zero-order valence-corrected chi connectivity index (χ0v) is 11.8. The lowest BCUT2D eigenvalue weighted by atomic mass is 10.3. The summed E-state index contributed by atoms with van der Waals surface area (Å²) in [5.74, 6) is 0.626. The van der Waals surface area contributed by atoms with Crippen molar-refractivity contribution in [1.82, 2.24) is 5.43 Å². The molecule has 5 heteroatoms. The molecule has 0 saturated carbocycles. The van der Waals surface area contributed by atoms with Crippen LogP contribution in [0.2, 0.25) is 0 Å². The van der Waals surface area contributed by atoms with E-state index < -0.39 is 0 Å². The van der Waals surface area contributed by atoms with Crippen molar-refractivity contribution in [3.63, 3.8) is 0 Å². The van der Waals surface area contributed by atoms with Gasteiger partial charge >= 0.3 is 0 Å². The first-order valence-electron chi connectivity index (χ1n) is 6.58. The second kappa shape index (κ2) is 6.75. The highest BCUT2D eigenvalue weighted by atomic mass is 16.5. The van der Waals surface area contributed by atoms with Crippen molar-refractivity contribution in [2.75, 3.05) is 19.0 Å². The van der Waals surface area contributed by atoms with Gasteiger partial charge in [0.05, 0.1) is 19.4 Å². The fraction of sp³-hybridized carbons (Fsp3) is 0.333. The minimum absolute atomic E-state index is 0.161. The van der Waals surface area contributed by atoms with Crippen LogP contribution in [-0.2, 0) is 4.79 Å². The molecule has 1 aliphatic carbocycles. The second-order valence-electron chi connectivity index (χ2n) is 4.71. The van der Waals surface area contributed by atoms with Crippen LogP contribution < -0.4 is 15.5 Å². The standard InChI is InChI=1S/C15H19N3O2/c1-11-3-4-13(9-11)17-18-15(19)10-16-12-5-7-14(20-2)8-6-12/h5-9,16H,3-4,10H2,1-2H3,(H,18,19)/b17-13+. The molecule has 0 saturated heterocycles.